The zero-order chi connectivity index (χ0) is 16.4. The lowest BCUT2D eigenvalue weighted by Gasteiger charge is -2.05. The van der Waals surface area contributed by atoms with E-state index in [1.165, 1.54) is 12.8 Å². The lowest BCUT2D eigenvalue weighted by molar-refractivity contribution is 0.102. The highest BCUT2D eigenvalue weighted by Crippen LogP contribution is 2.30. The van der Waals surface area contributed by atoms with Gasteiger partial charge >= 0.3 is 0 Å². The van der Waals surface area contributed by atoms with Gasteiger partial charge in [0, 0.05) is 30.7 Å². The molecule has 0 unspecified atom stereocenters. The zero-order valence-corrected chi connectivity index (χ0v) is 13.3. The van der Waals surface area contributed by atoms with Crippen molar-refractivity contribution in [2.75, 3.05) is 5.32 Å². The summed E-state index contributed by atoms with van der Waals surface area (Å²) in [6.07, 6.45) is 9.83. The van der Waals surface area contributed by atoms with Crippen LogP contribution in [-0.4, -0.2) is 25.5 Å². The molecule has 1 fully saturated rings. The summed E-state index contributed by atoms with van der Waals surface area (Å²) in [6, 6.07) is 9.47. The third-order valence-electron chi connectivity index (χ3n) is 4.15. The summed E-state index contributed by atoms with van der Waals surface area (Å²) in [7, 11) is 0. The van der Waals surface area contributed by atoms with Crippen LogP contribution in [0.4, 0.5) is 5.69 Å². The maximum Gasteiger partial charge on any atom is 0.255 e. The first-order chi connectivity index (χ1) is 11.8. The Bertz CT molecular complexity index is 815. The Labute approximate surface area is 140 Å². The first kappa shape index (κ1) is 14.7. The maximum atomic E-state index is 12.3. The van der Waals surface area contributed by atoms with E-state index in [1.807, 2.05) is 52.1 Å². The Hall–Kier alpha value is -2.89. The van der Waals surface area contributed by atoms with Gasteiger partial charge in [0.05, 0.1) is 18.4 Å². The number of nitrogens with zero attached hydrogens (tertiary/aromatic N) is 4. The molecule has 3 aromatic rings. The molecule has 2 heterocycles. The molecular formula is C18H19N5O. The average molecular weight is 321 g/mol. The third-order valence-corrected chi connectivity index (χ3v) is 4.15. The Morgan fingerprint density at radius 3 is 2.71 bits per heavy atom. The number of rotatable bonds is 6. The molecule has 122 valence electrons. The van der Waals surface area contributed by atoms with E-state index in [1.54, 1.807) is 12.4 Å². The van der Waals surface area contributed by atoms with Gasteiger partial charge in [0.15, 0.2) is 0 Å². The molecule has 0 bridgehead atoms. The van der Waals surface area contributed by atoms with E-state index in [4.69, 9.17) is 0 Å². The highest BCUT2D eigenvalue weighted by Gasteiger charge is 2.22. The van der Waals surface area contributed by atoms with Gasteiger partial charge < -0.3 is 5.32 Å². The van der Waals surface area contributed by atoms with Crippen LogP contribution in [0.2, 0.25) is 0 Å². The number of anilines is 1. The van der Waals surface area contributed by atoms with Crippen molar-refractivity contribution < 1.29 is 4.79 Å². The summed E-state index contributed by atoms with van der Waals surface area (Å²) in [6.45, 7) is 1.64. The van der Waals surface area contributed by atoms with Gasteiger partial charge in [0.1, 0.15) is 0 Å². The molecule has 1 saturated carbocycles. The molecule has 1 amide bonds. The van der Waals surface area contributed by atoms with Gasteiger partial charge in [-0.25, -0.2) is 0 Å². The van der Waals surface area contributed by atoms with Crippen LogP contribution in [0, 0.1) is 5.92 Å². The van der Waals surface area contributed by atoms with Gasteiger partial charge in [-0.05, 0) is 42.5 Å². The van der Waals surface area contributed by atoms with E-state index in [0.29, 0.717) is 12.1 Å². The number of aromatic nitrogens is 4. The predicted octanol–water partition coefficient (Wildman–Crippen LogP) is 2.79. The van der Waals surface area contributed by atoms with Crippen molar-refractivity contribution in [3.05, 3.63) is 66.2 Å². The van der Waals surface area contributed by atoms with Crippen molar-refractivity contribution in [3.8, 4) is 0 Å². The van der Waals surface area contributed by atoms with Gasteiger partial charge in [0.25, 0.3) is 5.91 Å². The summed E-state index contributed by atoms with van der Waals surface area (Å²) in [4.78, 5) is 12.3. The molecule has 0 radical (unpaired) electrons. The normalized spacial score (nSPS) is 13.8. The van der Waals surface area contributed by atoms with Crippen LogP contribution in [0.3, 0.4) is 0 Å². The highest BCUT2D eigenvalue weighted by atomic mass is 16.1. The van der Waals surface area contributed by atoms with Gasteiger partial charge in [-0.2, -0.15) is 10.2 Å². The van der Waals surface area contributed by atoms with Gasteiger partial charge in [-0.1, -0.05) is 12.1 Å². The number of benzene rings is 1. The van der Waals surface area contributed by atoms with Crippen LogP contribution in [0.5, 0.6) is 0 Å². The Kier molecular flexibility index (Phi) is 3.86. The fourth-order valence-electron chi connectivity index (χ4n) is 2.64. The topological polar surface area (TPSA) is 64.7 Å². The van der Waals surface area contributed by atoms with Crippen LogP contribution in [0.15, 0.2) is 55.1 Å². The molecule has 6 heteroatoms. The number of amides is 1. The predicted molar refractivity (Wildman–Crippen MR) is 90.7 cm³/mol. The summed E-state index contributed by atoms with van der Waals surface area (Å²) in [5, 5.41) is 11.4. The van der Waals surface area contributed by atoms with E-state index in [9.17, 15) is 4.79 Å². The summed E-state index contributed by atoms with van der Waals surface area (Å²) in [5.74, 6) is 0.641. The van der Waals surface area contributed by atoms with Crippen LogP contribution in [0.25, 0.3) is 0 Å². The second-order valence-electron chi connectivity index (χ2n) is 6.25. The lowest BCUT2D eigenvalue weighted by atomic mass is 10.1. The summed E-state index contributed by atoms with van der Waals surface area (Å²) < 4.78 is 3.75. The largest absolute Gasteiger partial charge is 0.319 e. The average Bonchev–Trinajstić information content (AvgIpc) is 3.06. The number of hydrogen-bond donors (Lipinski definition) is 1. The minimum Gasteiger partial charge on any atom is -0.319 e. The number of carbonyl (C=O) groups is 1. The molecule has 1 N–H and O–H groups in total. The minimum absolute atomic E-state index is 0.119. The van der Waals surface area contributed by atoms with Crippen molar-refractivity contribution in [1.82, 2.24) is 19.6 Å². The second-order valence-corrected chi connectivity index (χ2v) is 6.25. The number of carbonyl (C=O) groups excluding carboxylic acids is 1. The number of hydrogen-bond acceptors (Lipinski definition) is 3. The molecular weight excluding hydrogens is 302 g/mol. The molecule has 0 aliphatic heterocycles. The van der Waals surface area contributed by atoms with E-state index >= 15 is 0 Å². The lowest BCUT2D eigenvalue weighted by Crippen LogP contribution is -2.11. The molecule has 4 rings (SSSR count). The molecule has 6 nitrogen and oxygen atoms in total. The molecule has 2 aromatic heterocycles. The standard InChI is InChI=1S/C18H19N5O/c24-18(21-17-10-20-23(13-17)12-14-2-3-14)16-6-4-15(5-7-16)11-22-9-1-8-19-22/h1,4-10,13-14H,2-3,11-12H2,(H,21,24). The molecule has 1 aliphatic rings. The van der Waals surface area contributed by atoms with Crippen molar-refractivity contribution in [3.63, 3.8) is 0 Å². The van der Waals surface area contributed by atoms with E-state index in [-0.39, 0.29) is 5.91 Å². The monoisotopic (exact) mass is 321 g/mol. The Morgan fingerprint density at radius 2 is 2.00 bits per heavy atom. The highest BCUT2D eigenvalue weighted by molar-refractivity contribution is 6.04. The van der Waals surface area contributed by atoms with Crippen LogP contribution in [0.1, 0.15) is 28.8 Å². The SMILES string of the molecule is O=C(Nc1cnn(CC2CC2)c1)c1ccc(Cn2cccn2)cc1. The third kappa shape index (κ3) is 3.53. The van der Waals surface area contributed by atoms with Crippen LogP contribution in [-0.2, 0) is 13.1 Å². The number of nitrogens with one attached hydrogen (secondary N) is 1. The quantitative estimate of drug-likeness (QED) is 0.759. The Balaban J connectivity index is 1.37. The first-order valence-electron chi connectivity index (χ1n) is 8.16. The molecule has 1 aliphatic carbocycles. The fourth-order valence-corrected chi connectivity index (χ4v) is 2.64. The van der Waals surface area contributed by atoms with Crippen molar-refractivity contribution >= 4 is 11.6 Å². The molecule has 24 heavy (non-hydrogen) atoms. The fraction of sp³-hybridized carbons (Fsp3) is 0.278. The van der Waals surface area contributed by atoms with E-state index in [0.717, 1.165) is 23.7 Å². The first-order valence-corrected chi connectivity index (χ1v) is 8.16. The minimum atomic E-state index is -0.119. The summed E-state index contributed by atoms with van der Waals surface area (Å²) >= 11 is 0. The summed E-state index contributed by atoms with van der Waals surface area (Å²) in [5.41, 5.74) is 2.47. The van der Waals surface area contributed by atoms with Gasteiger partial charge in [-0.3, -0.25) is 14.2 Å². The van der Waals surface area contributed by atoms with E-state index in [2.05, 4.69) is 15.5 Å². The molecule has 0 saturated heterocycles. The van der Waals surface area contributed by atoms with Crippen LogP contribution >= 0.6 is 0 Å². The van der Waals surface area contributed by atoms with Crippen molar-refractivity contribution in [2.24, 2.45) is 5.92 Å². The second kappa shape index (κ2) is 6.31. The van der Waals surface area contributed by atoms with Crippen molar-refractivity contribution in [1.29, 1.82) is 0 Å². The zero-order valence-electron chi connectivity index (χ0n) is 13.3. The smallest absolute Gasteiger partial charge is 0.255 e. The molecule has 1 aromatic carbocycles. The van der Waals surface area contributed by atoms with E-state index < -0.39 is 0 Å². The molecule has 0 spiro atoms. The van der Waals surface area contributed by atoms with Crippen LogP contribution < -0.4 is 5.32 Å². The molecule has 0 atom stereocenters. The van der Waals surface area contributed by atoms with Crippen molar-refractivity contribution in [2.45, 2.75) is 25.9 Å². The van der Waals surface area contributed by atoms with Gasteiger partial charge in [-0.15, -0.1) is 0 Å². The van der Waals surface area contributed by atoms with Gasteiger partial charge in [0.2, 0.25) is 0 Å². The maximum absolute atomic E-state index is 12.3. The Morgan fingerprint density at radius 1 is 1.17 bits per heavy atom.